The molecule has 0 aromatic heterocycles. The van der Waals surface area contributed by atoms with E-state index in [1.807, 2.05) is 0 Å². The van der Waals surface area contributed by atoms with Crippen LogP contribution in [0.1, 0.15) is 25.7 Å². The Morgan fingerprint density at radius 2 is 1.17 bits per heavy atom. The largest absolute Gasteiger partial charge is 0.392 e. The van der Waals surface area contributed by atoms with E-state index in [0.717, 1.165) is 12.8 Å². The Hall–Kier alpha value is -0.160. The molecule has 0 radical (unpaired) electrons. The van der Waals surface area contributed by atoms with Crippen LogP contribution >= 0.6 is 0 Å². The quantitative estimate of drug-likeness (QED) is 0.382. The normalized spacial score (nSPS) is 16.0. The Kier molecular flexibility index (Phi) is 7.39. The summed E-state index contributed by atoms with van der Waals surface area (Å²) in [5.41, 5.74) is 10.4. The van der Waals surface area contributed by atoms with Crippen LogP contribution in [0.2, 0.25) is 0 Å². The first kappa shape index (κ1) is 11.8. The average Bonchev–Trinajstić information content (AvgIpc) is 2.11. The van der Waals surface area contributed by atoms with E-state index in [2.05, 4.69) is 0 Å². The Balaban J connectivity index is 3.10. The standard InChI is InChI=1S/C8H20N2O2/c9-5-7(11)3-1-2-4-8(12)6-10/h7-8,11-12H,1-6,9-10H2. The second-order valence-corrected chi connectivity index (χ2v) is 3.06. The third-order valence-electron chi connectivity index (χ3n) is 1.87. The van der Waals surface area contributed by atoms with E-state index in [1.165, 1.54) is 0 Å². The molecular formula is C8H20N2O2. The SMILES string of the molecule is NCC(O)CCCCC(O)CN. The first-order valence-corrected chi connectivity index (χ1v) is 4.47. The van der Waals surface area contributed by atoms with Crippen molar-refractivity contribution in [2.24, 2.45) is 11.5 Å². The minimum atomic E-state index is -0.389. The van der Waals surface area contributed by atoms with Crippen LogP contribution in [-0.4, -0.2) is 35.5 Å². The fraction of sp³-hybridized carbons (Fsp3) is 1.00. The summed E-state index contributed by atoms with van der Waals surface area (Å²) < 4.78 is 0. The summed E-state index contributed by atoms with van der Waals surface area (Å²) in [7, 11) is 0. The van der Waals surface area contributed by atoms with Gasteiger partial charge in [-0.1, -0.05) is 12.8 Å². The van der Waals surface area contributed by atoms with Crippen molar-refractivity contribution in [3.63, 3.8) is 0 Å². The van der Waals surface area contributed by atoms with Gasteiger partial charge in [0.05, 0.1) is 12.2 Å². The fourth-order valence-electron chi connectivity index (χ4n) is 0.996. The molecule has 0 fully saturated rings. The summed E-state index contributed by atoms with van der Waals surface area (Å²) in [5.74, 6) is 0. The molecule has 6 N–H and O–H groups in total. The summed E-state index contributed by atoms with van der Waals surface area (Å²) in [6.07, 6.45) is 2.45. The number of aliphatic hydroxyl groups excluding tert-OH is 2. The first-order chi connectivity index (χ1) is 5.70. The summed E-state index contributed by atoms with van der Waals surface area (Å²) in [6.45, 7) is 0.638. The van der Waals surface area contributed by atoms with E-state index in [-0.39, 0.29) is 12.2 Å². The van der Waals surface area contributed by atoms with E-state index in [1.54, 1.807) is 0 Å². The van der Waals surface area contributed by atoms with Gasteiger partial charge in [0, 0.05) is 13.1 Å². The van der Waals surface area contributed by atoms with Crippen LogP contribution in [0, 0.1) is 0 Å². The van der Waals surface area contributed by atoms with Gasteiger partial charge in [-0.3, -0.25) is 0 Å². The lowest BCUT2D eigenvalue weighted by Gasteiger charge is -2.09. The molecule has 0 amide bonds. The Bertz CT molecular complexity index is 89.1. The smallest absolute Gasteiger partial charge is 0.0662 e. The molecule has 2 atom stereocenters. The van der Waals surface area contributed by atoms with Crippen LogP contribution in [0.4, 0.5) is 0 Å². The van der Waals surface area contributed by atoms with E-state index in [0.29, 0.717) is 25.9 Å². The Labute approximate surface area is 73.6 Å². The van der Waals surface area contributed by atoms with E-state index in [4.69, 9.17) is 21.7 Å². The van der Waals surface area contributed by atoms with Gasteiger partial charge in [-0.25, -0.2) is 0 Å². The van der Waals surface area contributed by atoms with Gasteiger partial charge in [0.25, 0.3) is 0 Å². The van der Waals surface area contributed by atoms with Gasteiger partial charge < -0.3 is 21.7 Å². The van der Waals surface area contributed by atoms with Crippen LogP contribution < -0.4 is 11.5 Å². The third kappa shape index (κ3) is 6.54. The zero-order chi connectivity index (χ0) is 9.40. The lowest BCUT2D eigenvalue weighted by molar-refractivity contribution is 0.152. The van der Waals surface area contributed by atoms with Crippen LogP contribution in [0.15, 0.2) is 0 Å². The predicted octanol–water partition coefficient (Wildman–Crippen LogP) is -0.814. The molecule has 2 unspecified atom stereocenters. The fourth-order valence-corrected chi connectivity index (χ4v) is 0.996. The molecule has 0 aliphatic carbocycles. The number of nitrogens with two attached hydrogens (primary N) is 2. The summed E-state index contributed by atoms with van der Waals surface area (Å²) in [4.78, 5) is 0. The lowest BCUT2D eigenvalue weighted by atomic mass is 10.1. The maximum absolute atomic E-state index is 9.07. The number of aliphatic hydroxyl groups is 2. The summed E-state index contributed by atoms with van der Waals surface area (Å²) in [6, 6.07) is 0. The zero-order valence-electron chi connectivity index (χ0n) is 7.45. The van der Waals surface area contributed by atoms with Crippen LogP contribution in [0.3, 0.4) is 0 Å². The molecule has 4 heteroatoms. The van der Waals surface area contributed by atoms with Crippen LogP contribution in [-0.2, 0) is 0 Å². The highest BCUT2D eigenvalue weighted by Gasteiger charge is 2.03. The Morgan fingerprint density at radius 3 is 1.42 bits per heavy atom. The molecule has 0 rings (SSSR count). The maximum Gasteiger partial charge on any atom is 0.0662 e. The maximum atomic E-state index is 9.07. The average molecular weight is 176 g/mol. The van der Waals surface area contributed by atoms with E-state index >= 15 is 0 Å². The molecular weight excluding hydrogens is 156 g/mol. The highest BCUT2D eigenvalue weighted by molar-refractivity contribution is 4.59. The molecule has 0 bridgehead atoms. The third-order valence-corrected chi connectivity index (χ3v) is 1.87. The van der Waals surface area contributed by atoms with Crippen molar-refractivity contribution in [3.8, 4) is 0 Å². The summed E-state index contributed by atoms with van der Waals surface area (Å²) >= 11 is 0. The highest BCUT2D eigenvalue weighted by Crippen LogP contribution is 2.04. The molecule has 12 heavy (non-hydrogen) atoms. The van der Waals surface area contributed by atoms with Gasteiger partial charge >= 0.3 is 0 Å². The van der Waals surface area contributed by atoms with Gasteiger partial charge in [0.15, 0.2) is 0 Å². The van der Waals surface area contributed by atoms with Crippen molar-refractivity contribution in [1.29, 1.82) is 0 Å². The molecule has 0 spiro atoms. The molecule has 4 nitrogen and oxygen atoms in total. The van der Waals surface area contributed by atoms with Gasteiger partial charge in [-0.05, 0) is 12.8 Å². The molecule has 0 aromatic carbocycles. The molecule has 0 saturated carbocycles. The molecule has 0 saturated heterocycles. The predicted molar refractivity (Wildman–Crippen MR) is 48.6 cm³/mol. The van der Waals surface area contributed by atoms with E-state index in [9.17, 15) is 0 Å². The second-order valence-electron chi connectivity index (χ2n) is 3.06. The van der Waals surface area contributed by atoms with Crippen molar-refractivity contribution in [2.75, 3.05) is 13.1 Å². The van der Waals surface area contributed by atoms with Gasteiger partial charge in [-0.2, -0.15) is 0 Å². The highest BCUT2D eigenvalue weighted by atomic mass is 16.3. The second kappa shape index (κ2) is 7.49. The number of rotatable bonds is 7. The molecule has 0 aromatic rings. The van der Waals surface area contributed by atoms with Gasteiger partial charge in [0.1, 0.15) is 0 Å². The van der Waals surface area contributed by atoms with Crippen LogP contribution in [0.25, 0.3) is 0 Å². The first-order valence-electron chi connectivity index (χ1n) is 4.47. The van der Waals surface area contributed by atoms with Crippen molar-refractivity contribution < 1.29 is 10.2 Å². The van der Waals surface area contributed by atoms with Crippen molar-refractivity contribution >= 4 is 0 Å². The Morgan fingerprint density at radius 1 is 0.833 bits per heavy atom. The van der Waals surface area contributed by atoms with Crippen molar-refractivity contribution in [3.05, 3.63) is 0 Å². The monoisotopic (exact) mass is 176 g/mol. The molecule has 74 valence electrons. The van der Waals surface area contributed by atoms with Crippen molar-refractivity contribution in [1.82, 2.24) is 0 Å². The van der Waals surface area contributed by atoms with Gasteiger partial charge in [0.2, 0.25) is 0 Å². The number of hydrogen-bond acceptors (Lipinski definition) is 4. The molecule has 0 aliphatic heterocycles. The zero-order valence-corrected chi connectivity index (χ0v) is 7.45. The lowest BCUT2D eigenvalue weighted by Crippen LogP contribution is -2.21. The van der Waals surface area contributed by atoms with Crippen molar-refractivity contribution in [2.45, 2.75) is 37.9 Å². The topological polar surface area (TPSA) is 92.5 Å². The molecule has 0 heterocycles. The van der Waals surface area contributed by atoms with E-state index < -0.39 is 0 Å². The van der Waals surface area contributed by atoms with Gasteiger partial charge in [-0.15, -0.1) is 0 Å². The number of unbranched alkanes of at least 4 members (excludes halogenated alkanes) is 1. The molecule has 0 aliphatic rings. The minimum absolute atomic E-state index is 0.319. The minimum Gasteiger partial charge on any atom is -0.392 e. The van der Waals surface area contributed by atoms with Crippen LogP contribution in [0.5, 0.6) is 0 Å². The number of hydrogen-bond donors (Lipinski definition) is 4. The summed E-state index contributed by atoms with van der Waals surface area (Å²) in [5, 5.41) is 18.1.